The van der Waals surface area contributed by atoms with Gasteiger partial charge in [-0.1, -0.05) is 66.2 Å². The van der Waals surface area contributed by atoms with Gasteiger partial charge in [-0.25, -0.2) is 9.18 Å². The average Bonchev–Trinajstić information content (AvgIpc) is 3.44. The number of carbonyl (C=O) groups excluding carboxylic acids is 1. The Hall–Kier alpha value is -4.02. The lowest BCUT2D eigenvalue weighted by Gasteiger charge is -2.38. The molecule has 0 amide bonds. The van der Waals surface area contributed by atoms with E-state index in [2.05, 4.69) is 21.2 Å². The molecule has 0 saturated carbocycles. The van der Waals surface area contributed by atoms with Crippen LogP contribution in [-0.4, -0.2) is 57.8 Å². The number of carboxylic acids is 1. The number of nitrogens with zero attached hydrogens (tertiary/aromatic N) is 2. The molecule has 2 heterocycles. The molecule has 4 aromatic rings. The van der Waals surface area contributed by atoms with Gasteiger partial charge in [-0.15, -0.1) is 0 Å². The van der Waals surface area contributed by atoms with Gasteiger partial charge in [-0.05, 0) is 48.9 Å². The molecule has 2 atom stereocenters. The number of hydrogen-bond donors (Lipinski definition) is 2. The fourth-order valence-electron chi connectivity index (χ4n) is 4.80. The molecule has 1 aromatic heterocycles. The van der Waals surface area contributed by atoms with E-state index in [1.54, 1.807) is 0 Å². The van der Waals surface area contributed by atoms with Crippen LogP contribution < -0.4 is 0 Å². The second-order valence-electron chi connectivity index (χ2n) is 9.60. The third-order valence-electron chi connectivity index (χ3n) is 6.84. The van der Waals surface area contributed by atoms with E-state index in [9.17, 15) is 22.4 Å². The van der Waals surface area contributed by atoms with Gasteiger partial charge in [-0.2, -0.15) is 18.3 Å². The molecule has 0 unspecified atom stereocenters. The van der Waals surface area contributed by atoms with Gasteiger partial charge in [0.25, 0.3) is 0 Å². The summed E-state index contributed by atoms with van der Waals surface area (Å²) in [7, 11) is 0. The largest absolute Gasteiger partial charge is 0.490 e. The van der Waals surface area contributed by atoms with Crippen molar-refractivity contribution in [2.45, 2.75) is 24.4 Å². The smallest absolute Gasteiger partial charge is 0.475 e. The highest BCUT2D eigenvalue weighted by atomic mass is 35.5. The number of carbonyl (C=O) groups is 2. The van der Waals surface area contributed by atoms with Gasteiger partial charge >= 0.3 is 12.1 Å². The van der Waals surface area contributed by atoms with Crippen molar-refractivity contribution < 1.29 is 32.3 Å². The zero-order chi connectivity index (χ0) is 29.6. The summed E-state index contributed by atoms with van der Waals surface area (Å²) in [6, 6.07) is 25.8. The zero-order valence-corrected chi connectivity index (χ0v) is 22.4. The molecule has 2 N–H and O–H groups in total. The highest BCUT2D eigenvalue weighted by Crippen LogP contribution is 2.40. The van der Waals surface area contributed by atoms with Crippen molar-refractivity contribution in [3.05, 3.63) is 113 Å². The minimum Gasteiger partial charge on any atom is -0.475 e. The van der Waals surface area contributed by atoms with Gasteiger partial charge in [0.1, 0.15) is 5.82 Å². The summed E-state index contributed by atoms with van der Waals surface area (Å²) in [4.78, 5) is 23.9. The molecule has 11 heteroatoms. The summed E-state index contributed by atoms with van der Waals surface area (Å²) < 4.78 is 45.4. The predicted molar refractivity (Wildman–Crippen MR) is 146 cm³/mol. The number of carboxylic acid groups (broad SMARTS) is 1. The lowest BCUT2D eigenvalue weighted by molar-refractivity contribution is -0.192. The number of ketones is 1. The first kappa shape index (κ1) is 30.0. The van der Waals surface area contributed by atoms with Crippen LogP contribution in [0.5, 0.6) is 0 Å². The Balaban J connectivity index is 0.000000493. The standard InChI is InChI=1S/C28H25ClFN3O.C2HF3O2/c29-22-10-6-20(7-11-22)26-16-27(32-31-26)24-14-15-33(18-28(34)21-4-2-1-3-5-21)17-25(24)19-8-12-23(30)13-9-19;3-2(4,5)1(6)7/h1-13,16,24-25H,14-15,17-18H2,(H,31,32);(H,6,7)/t24-,25+;/m1./s1. The van der Waals surface area contributed by atoms with Gasteiger partial charge in [-0.3, -0.25) is 14.8 Å². The minimum absolute atomic E-state index is 0.108. The number of halogens is 5. The van der Waals surface area contributed by atoms with Crippen LogP contribution in [0.15, 0.2) is 84.9 Å². The van der Waals surface area contributed by atoms with Crippen LogP contribution >= 0.6 is 11.6 Å². The van der Waals surface area contributed by atoms with E-state index in [-0.39, 0.29) is 23.4 Å². The highest BCUT2D eigenvalue weighted by Gasteiger charge is 2.38. The molecule has 1 fully saturated rings. The molecule has 0 spiro atoms. The maximum Gasteiger partial charge on any atom is 0.490 e. The lowest BCUT2D eigenvalue weighted by atomic mass is 9.78. The number of hydrogen-bond acceptors (Lipinski definition) is 4. The Kier molecular flexibility index (Phi) is 9.57. The minimum atomic E-state index is -5.08. The molecule has 1 aliphatic heterocycles. The third-order valence-corrected chi connectivity index (χ3v) is 7.09. The molecule has 0 radical (unpaired) electrons. The SMILES string of the molecule is O=C(CN1CC[C@@H](c2cc(-c3ccc(Cl)cc3)n[nH]2)[C@H](c2ccc(F)cc2)C1)c1ccccc1.O=C(O)C(F)(F)F. The summed E-state index contributed by atoms with van der Waals surface area (Å²) in [6.07, 6.45) is -4.22. The van der Waals surface area contributed by atoms with E-state index in [0.717, 1.165) is 41.0 Å². The summed E-state index contributed by atoms with van der Waals surface area (Å²) in [5.74, 6) is -2.60. The van der Waals surface area contributed by atoms with E-state index in [1.807, 2.05) is 66.7 Å². The number of Topliss-reactive ketones (excluding diaryl/α,β-unsaturated/α-hetero) is 1. The summed E-state index contributed by atoms with van der Waals surface area (Å²) in [5.41, 5.74) is 4.70. The summed E-state index contributed by atoms with van der Waals surface area (Å²) in [5, 5.41) is 15.6. The summed E-state index contributed by atoms with van der Waals surface area (Å²) >= 11 is 6.03. The quantitative estimate of drug-likeness (QED) is 0.188. The maximum absolute atomic E-state index is 13.6. The number of aromatic amines is 1. The van der Waals surface area contributed by atoms with Crippen LogP contribution in [0.3, 0.4) is 0 Å². The van der Waals surface area contributed by atoms with Gasteiger partial charge in [0.15, 0.2) is 5.78 Å². The monoisotopic (exact) mass is 587 g/mol. The highest BCUT2D eigenvalue weighted by molar-refractivity contribution is 6.30. The Labute approximate surface area is 238 Å². The van der Waals surface area contributed by atoms with Crippen LogP contribution in [0.4, 0.5) is 17.6 Å². The van der Waals surface area contributed by atoms with E-state index >= 15 is 0 Å². The van der Waals surface area contributed by atoms with E-state index in [4.69, 9.17) is 21.5 Å². The first-order valence-corrected chi connectivity index (χ1v) is 13.1. The molecule has 6 nitrogen and oxygen atoms in total. The van der Waals surface area contributed by atoms with E-state index < -0.39 is 12.1 Å². The van der Waals surface area contributed by atoms with Crippen molar-refractivity contribution in [2.24, 2.45) is 0 Å². The molecule has 5 rings (SSSR count). The van der Waals surface area contributed by atoms with Crippen molar-refractivity contribution in [1.82, 2.24) is 15.1 Å². The van der Waals surface area contributed by atoms with Crippen LogP contribution in [0.25, 0.3) is 11.3 Å². The fraction of sp³-hybridized carbons (Fsp3) is 0.233. The molecular formula is C30H26ClF4N3O3. The molecule has 0 bridgehead atoms. The Morgan fingerprint density at radius 2 is 1.61 bits per heavy atom. The fourth-order valence-corrected chi connectivity index (χ4v) is 4.92. The van der Waals surface area contributed by atoms with Crippen molar-refractivity contribution in [3.63, 3.8) is 0 Å². The number of alkyl halides is 3. The first-order chi connectivity index (χ1) is 19.5. The lowest BCUT2D eigenvalue weighted by Crippen LogP contribution is -2.41. The van der Waals surface area contributed by atoms with Crippen molar-refractivity contribution in [3.8, 4) is 11.3 Å². The molecule has 3 aromatic carbocycles. The zero-order valence-electron chi connectivity index (χ0n) is 21.6. The molecular weight excluding hydrogens is 562 g/mol. The average molecular weight is 588 g/mol. The molecule has 0 aliphatic carbocycles. The molecule has 1 aliphatic rings. The van der Waals surface area contributed by atoms with Crippen LogP contribution in [0, 0.1) is 5.82 Å². The predicted octanol–water partition coefficient (Wildman–Crippen LogP) is 6.96. The number of benzene rings is 3. The first-order valence-electron chi connectivity index (χ1n) is 12.7. The van der Waals surface area contributed by atoms with Crippen molar-refractivity contribution >= 4 is 23.4 Å². The van der Waals surface area contributed by atoms with Crippen LogP contribution in [0.2, 0.25) is 5.02 Å². The van der Waals surface area contributed by atoms with E-state index in [1.165, 1.54) is 12.1 Å². The van der Waals surface area contributed by atoms with Crippen molar-refractivity contribution in [1.29, 1.82) is 0 Å². The number of nitrogens with one attached hydrogen (secondary N) is 1. The Morgan fingerprint density at radius 3 is 2.22 bits per heavy atom. The number of aromatic nitrogens is 2. The van der Waals surface area contributed by atoms with Crippen molar-refractivity contribution in [2.75, 3.05) is 19.6 Å². The Morgan fingerprint density at radius 1 is 0.976 bits per heavy atom. The second-order valence-corrected chi connectivity index (χ2v) is 10.0. The van der Waals surface area contributed by atoms with Gasteiger partial charge in [0.2, 0.25) is 0 Å². The number of H-pyrrole nitrogens is 1. The summed E-state index contributed by atoms with van der Waals surface area (Å²) in [6.45, 7) is 1.88. The Bertz CT molecular complexity index is 1460. The van der Waals surface area contributed by atoms with Crippen LogP contribution in [0.1, 0.15) is 39.9 Å². The maximum atomic E-state index is 13.6. The van der Waals surface area contributed by atoms with Gasteiger partial charge < -0.3 is 5.11 Å². The van der Waals surface area contributed by atoms with Gasteiger partial charge in [0, 0.05) is 40.2 Å². The topological polar surface area (TPSA) is 86.3 Å². The molecule has 1 saturated heterocycles. The second kappa shape index (κ2) is 13.1. The van der Waals surface area contributed by atoms with Gasteiger partial charge in [0.05, 0.1) is 12.2 Å². The molecule has 41 heavy (non-hydrogen) atoms. The normalized spacial score (nSPS) is 17.4. The van der Waals surface area contributed by atoms with Crippen LogP contribution in [-0.2, 0) is 4.79 Å². The number of rotatable bonds is 6. The number of piperidine rings is 1. The number of likely N-dealkylation sites (tertiary alicyclic amines) is 1. The van der Waals surface area contributed by atoms with E-state index in [0.29, 0.717) is 18.1 Å². The number of aliphatic carboxylic acids is 1. The molecule has 214 valence electrons. The third kappa shape index (κ3) is 8.02.